The summed E-state index contributed by atoms with van der Waals surface area (Å²) in [4.78, 5) is 13.2. The van der Waals surface area contributed by atoms with Gasteiger partial charge in [-0.1, -0.05) is 48.0 Å². The van der Waals surface area contributed by atoms with E-state index in [9.17, 15) is 4.79 Å². The Morgan fingerprint density at radius 1 is 1.04 bits per heavy atom. The lowest BCUT2D eigenvalue weighted by Crippen LogP contribution is -2.35. The highest BCUT2D eigenvalue weighted by Gasteiger charge is 2.44. The summed E-state index contributed by atoms with van der Waals surface area (Å²) in [7, 11) is 1.58. The van der Waals surface area contributed by atoms with Gasteiger partial charge in [0.05, 0.1) is 17.7 Å². The minimum atomic E-state index is -0.415. The van der Waals surface area contributed by atoms with E-state index in [-0.39, 0.29) is 5.78 Å². The Morgan fingerprint density at radius 3 is 2.21 bits per heavy atom. The van der Waals surface area contributed by atoms with Crippen molar-refractivity contribution in [2.24, 2.45) is 0 Å². The van der Waals surface area contributed by atoms with Crippen LogP contribution in [0.5, 0.6) is 5.75 Å². The van der Waals surface area contributed by atoms with Crippen LogP contribution in [0.2, 0.25) is 5.02 Å². The molecule has 24 heavy (non-hydrogen) atoms. The van der Waals surface area contributed by atoms with E-state index >= 15 is 0 Å². The molecule has 0 unspecified atom stereocenters. The summed E-state index contributed by atoms with van der Waals surface area (Å²) in [6.45, 7) is 7.86. The Labute approximate surface area is 147 Å². The minimum absolute atomic E-state index is 0.0909. The molecule has 0 saturated heterocycles. The van der Waals surface area contributed by atoms with Crippen molar-refractivity contribution in [1.29, 1.82) is 0 Å². The summed E-state index contributed by atoms with van der Waals surface area (Å²) in [5.41, 5.74) is 2.60. The van der Waals surface area contributed by atoms with E-state index in [1.54, 1.807) is 13.2 Å². The molecule has 1 aliphatic rings. The van der Waals surface area contributed by atoms with E-state index in [0.717, 1.165) is 11.1 Å². The monoisotopic (exact) mass is 338 g/mol. The average molecular weight is 339 g/mol. The van der Waals surface area contributed by atoms with Gasteiger partial charge in [-0.25, -0.2) is 0 Å². The number of methoxy groups -OCH3 is 1. The third-order valence-corrected chi connectivity index (χ3v) is 5.05. The molecule has 1 aliphatic carbocycles. The van der Waals surface area contributed by atoms with Crippen molar-refractivity contribution >= 4 is 17.4 Å². The number of carbonyl (C=O) groups is 1. The SMILES string of the molecule is C=CCC1(CC=C)c2cccc(Cl)c2C(=O)c2c(OC)cccc21. The largest absolute Gasteiger partial charge is 0.496 e. The van der Waals surface area contributed by atoms with Gasteiger partial charge >= 0.3 is 0 Å². The number of hydrogen-bond acceptors (Lipinski definition) is 2. The molecular weight excluding hydrogens is 320 g/mol. The predicted molar refractivity (Wildman–Crippen MR) is 98.3 cm³/mol. The molecule has 2 aromatic rings. The summed E-state index contributed by atoms with van der Waals surface area (Å²) >= 11 is 6.41. The maximum atomic E-state index is 13.2. The summed E-state index contributed by atoms with van der Waals surface area (Å²) in [5.74, 6) is 0.479. The first-order valence-corrected chi connectivity index (χ1v) is 8.21. The molecule has 0 aliphatic heterocycles. The third-order valence-electron chi connectivity index (χ3n) is 4.73. The van der Waals surface area contributed by atoms with Crippen LogP contribution in [0.4, 0.5) is 0 Å². The van der Waals surface area contributed by atoms with Crippen molar-refractivity contribution in [3.63, 3.8) is 0 Å². The number of allylic oxidation sites excluding steroid dienone is 2. The first-order valence-electron chi connectivity index (χ1n) is 7.83. The van der Waals surface area contributed by atoms with Crippen LogP contribution in [0.25, 0.3) is 0 Å². The average Bonchev–Trinajstić information content (AvgIpc) is 2.59. The fourth-order valence-corrected chi connectivity index (χ4v) is 4.03. The molecule has 0 spiro atoms. The van der Waals surface area contributed by atoms with Gasteiger partial charge in [0.15, 0.2) is 5.78 Å². The lowest BCUT2D eigenvalue weighted by Gasteiger charge is -2.40. The molecule has 0 atom stereocenters. The van der Waals surface area contributed by atoms with Crippen molar-refractivity contribution in [2.45, 2.75) is 18.3 Å². The molecular formula is C21H19ClO2. The van der Waals surface area contributed by atoms with Crippen molar-refractivity contribution in [2.75, 3.05) is 7.11 Å². The molecule has 122 valence electrons. The lowest BCUT2D eigenvalue weighted by molar-refractivity contribution is 0.102. The Bertz CT molecular complexity index is 826. The van der Waals surface area contributed by atoms with Gasteiger partial charge in [0.25, 0.3) is 0 Å². The number of fused-ring (bicyclic) bond motifs is 2. The Hall–Kier alpha value is -2.32. The lowest BCUT2D eigenvalue weighted by atomic mass is 9.62. The molecule has 2 nitrogen and oxygen atoms in total. The zero-order valence-corrected chi connectivity index (χ0v) is 14.4. The highest BCUT2D eigenvalue weighted by Crippen LogP contribution is 2.50. The third kappa shape index (κ3) is 2.22. The number of ketones is 1. The second-order valence-electron chi connectivity index (χ2n) is 5.94. The topological polar surface area (TPSA) is 26.3 Å². The number of ether oxygens (including phenoxy) is 1. The zero-order valence-electron chi connectivity index (χ0n) is 13.6. The Morgan fingerprint density at radius 2 is 1.62 bits per heavy atom. The number of carbonyl (C=O) groups excluding carboxylic acids is 1. The summed E-state index contributed by atoms with van der Waals surface area (Å²) < 4.78 is 5.47. The fraction of sp³-hybridized carbons (Fsp3) is 0.190. The van der Waals surface area contributed by atoms with Crippen LogP contribution >= 0.6 is 11.6 Å². The molecule has 2 aromatic carbocycles. The summed E-state index contributed by atoms with van der Waals surface area (Å²) in [5, 5.41) is 0.464. The van der Waals surface area contributed by atoms with Crippen molar-refractivity contribution in [3.05, 3.63) is 89.0 Å². The second-order valence-corrected chi connectivity index (χ2v) is 6.35. The molecule has 0 N–H and O–H groups in total. The van der Waals surface area contributed by atoms with Crippen molar-refractivity contribution in [3.8, 4) is 5.75 Å². The first-order chi connectivity index (χ1) is 11.6. The van der Waals surface area contributed by atoms with Crippen LogP contribution in [-0.2, 0) is 5.41 Å². The maximum Gasteiger partial charge on any atom is 0.198 e. The summed E-state index contributed by atoms with van der Waals surface area (Å²) in [6, 6.07) is 11.3. The molecule has 0 amide bonds. The van der Waals surface area contributed by atoms with Gasteiger partial charge in [0, 0.05) is 11.0 Å². The highest BCUT2D eigenvalue weighted by atomic mass is 35.5. The molecule has 3 heteroatoms. The first kappa shape index (κ1) is 16.5. The van der Waals surface area contributed by atoms with E-state index in [1.165, 1.54) is 0 Å². The van der Waals surface area contributed by atoms with Gasteiger partial charge in [0.2, 0.25) is 0 Å². The minimum Gasteiger partial charge on any atom is -0.496 e. The van der Waals surface area contributed by atoms with Crippen LogP contribution < -0.4 is 4.74 Å². The van der Waals surface area contributed by atoms with Crippen LogP contribution in [0.3, 0.4) is 0 Å². The van der Waals surface area contributed by atoms with Gasteiger partial charge < -0.3 is 4.74 Å². The maximum absolute atomic E-state index is 13.2. The number of rotatable bonds is 5. The van der Waals surface area contributed by atoms with Crippen LogP contribution in [0.1, 0.15) is 39.9 Å². The van der Waals surface area contributed by atoms with E-state index in [0.29, 0.717) is 34.7 Å². The smallest absolute Gasteiger partial charge is 0.198 e. The Kier molecular flexibility index (Phi) is 4.33. The molecule has 0 radical (unpaired) electrons. The fourth-order valence-electron chi connectivity index (χ4n) is 3.77. The Balaban J connectivity index is 2.46. The van der Waals surface area contributed by atoms with Crippen LogP contribution in [0.15, 0.2) is 61.7 Å². The van der Waals surface area contributed by atoms with Crippen molar-refractivity contribution in [1.82, 2.24) is 0 Å². The quantitative estimate of drug-likeness (QED) is 0.688. The standard InChI is InChI=1S/C21H19ClO2/c1-4-12-21(13-5-2)14-8-6-10-16(22)18(14)20(23)19-15(21)9-7-11-17(19)24-3/h4-11H,1-2,12-13H2,3H3. The molecule has 0 bridgehead atoms. The number of benzene rings is 2. The summed E-state index contributed by atoms with van der Waals surface area (Å²) in [6.07, 6.45) is 5.13. The van der Waals surface area contributed by atoms with Gasteiger partial charge in [-0.3, -0.25) is 4.79 Å². The normalized spacial score (nSPS) is 14.5. The van der Waals surface area contributed by atoms with Gasteiger partial charge in [-0.15, -0.1) is 13.2 Å². The molecule has 0 saturated carbocycles. The highest BCUT2D eigenvalue weighted by molar-refractivity contribution is 6.36. The number of hydrogen-bond donors (Lipinski definition) is 0. The second kappa shape index (κ2) is 6.29. The van der Waals surface area contributed by atoms with E-state index in [4.69, 9.17) is 16.3 Å². The molecule has 0 heterocycles. The van der Waals surface area contributed by atoms with E-state index in [2.05, 4.69) is 13.2 Å². The van der Waals surface area contributed by atoms with E-state index in [1.807, 2.05) is 42.5 Å². The van der Waals surface area contributed by atoms with E-state index < -0.39 is 5.41 Å². The van der Waals surface area contributed by atoms with Crippen LogP contribution in [0, 0.1) is 0 Å². The zero-order chi connectivity index (χ0) is 17.3. The van der Waals surface area contributed by atoms with Gasteiger partial charge in [-0.2, -0.15) is 0 Å². The van der Waals surface area contributed by atoms with Crippen molar-refractivity contribution < 1.29 is 9.53 Å². The molecule has 0 aromatic heterocycles. The number of halogens is 1. The molecule has 0 fully saturated rings. The van der Waals surface area contributed by atoms with Crippen LogP contribution in [-0.4, -0.2) is 12.9 Å². The van der Waals surface area contributed by atoms with Gasteiger partial charge in [-0.05, 0) is 36.1 Å². The molecule has 3 rings (SSSR count). The predicted octanol–water partition coefficient (Wildman–Crippen LogP) is 5.33. The van der Waals surface area contributed by atoms with Gasteiger partial charge in [0.1, 0.15) is 5.75 Å².